The first-order valence-corrected chi connectivity index (χ1v) is 3.90. The molecule has 0 saturated heterocycles. The predicted octanol–water partition coefficient (Wildman–Crippen LogP) is -1.08. The van der Waals surface area contributed by atoms with Crippen LogP contribution in [0, 0.1) is 0 Å². The quantitative estimate of drug-likeness (QED) is 0.367. The SMILES string of the molecule is CCN=C(N)NC(CO)COC. The maximum absolute atomic E-state index is 8.82. The number of aliphatic imine (C=N–C) groups is 1. The summed E-state index contributed by atoms with van der Waals surface area (Å²) in [5.74, 6) is 0.341. The predicted molar refractivity (Wildman–Crippen MR) is 48.0 cm³/mol. The van der Waals surface area contributed by atoms with E-state index in [1.165, 1.54) is 0 Å². The number of methoxy groups -OCH3 is 1. The molecule has 1 unspecified atom stereocenters. The normalized spacial score (nSPS) is 14.4. The van der Waals surface area contributed by atoms with Gasteiger partial charge in [0.2, 0.25) is 0 Å². The van der Waals surface area contributed by atoms with Crippen molar-refractivity contribution in [2.45, 2.75) is 13.0 Å². The van der Waals surface area contributed by atoms with Crippen LogP contribution in [-0.4, -0.2) is 44.0 Å². The van der Waals surface area contributed by atoms with E-state index in [1.807, 2.05) is 6.92 Å². The molecule has 0 aromatic carbocycles. The topological polar surface area (TPSA) is 79.9 Å². The van der Waals surface area contributed by atoms with Gasteiger partial charge in [0.05, 0.1) is 19.3 Å². The maximum Gasteiger partial charge on any atom is 0.188 e. The molecule has 0 saturated carbocycles. The molecule has 5 heteroatoms. The Bertz CT molecular complexity index is 139. The van der Waals surface area contributed by atoms with Crippen molar-refractivity contribution in [1.29, 1.82) is 0 Å². The summed E-state index contributed by atoms with van der Waals surface area (Å²) in [4.78, 5) is 3.91. The number of nitrogens with one attached hydrogen (secondary N) is 1. The molecule has 0 radical (unpaired) electrons. The van der Waals surface area contributed by atoms with Crippen LogP contribution in [0.5, 0.6) is 0 Å². The van der Waals surface area contributed by atoms with Gasteiger partial charge in [-0.15, -0.1) is 0 Å². The summed E-state index contributed by atoms with van der Waals surface area (Å²) in [5.41, 5.74) is 5.46. The van der Waals surface area contributed by atoms with Gasteiger partial charge in [-0.3, -0.25) is 4.99 Å². The van der Waals surface area contributed by atoms with Crippen LogP contribution >= 0.6 is 0 Å². The summed E-state index contributed by atoms with van der Waals surface area (Å²) in [5, 5.41) is 11.6. The van der Waals surface area contributed by atoms with Gasteiger partial charge in [0.1, 0.15) is 0 Å². The molecule has 0 aliphatic rings. The molecular formula is C7H17N3O2. The minimum atomic E-state index is -0.176. The van der Waals surface area contributed by atoms with Crippen molar-refractivity contribution in [2.24, 2.45) is 10.7 Å². The second kappa shape index (κ2) is 6.87. The van der Waals surface area contributed by atoms with Crippen molar-refractivity contribution in [2.75, 3.05) is 26.9 Å². The van der Waals surface area contributed by atoms with E-state index in [-0.39, 0.29) is 12.6 Å². The average Bonchev–Trinajstić information content (AvgIpc) is 2.04. The number of nitrogens with two attached hydrogens (primary N) is 1. The highest BCUT2D eigenvalue weighted by molar-refractivity contribution is 5.78. The molecule has 0 spiro atoms. The third kappa shape index (κ3) is 4.92. The molecule has 1 atom stereocenters. The van der Waals surface area contributed by atoms with E-state index >= 15 is 0 Å². The fraction of sp³-hybridized carbons (Fsp3) is 0.857. The molecule has 72 valence electrons. The highest BCUT2D eigenvalue weighted by Crippen LogP contribution is 1.82. The van der Waals surface area contributed by atoms with Gasteiger partial charge < -0.3 is 20.9 Å². The smallest absolute Gasteiger partial charge is 0.188 e. The molecule has 0 bridgehead atoms. The summed E-state index contributed by atoms with van der Waals surface area (Å²) < 4.78 is 4.84. The number of guanidine groups is 1. The van der Waals surface area contributed by atoms with Gasteiger partial charge in [-0.2, -0.15) is 0 Å². The molecule has 12 heavy (non-hydrogen) atoms. The molecule has 5 nitrogen and oxygen atoms in total. The largest absolute Gasteiger partial charge is 0.394 e. The number of rotatable bonds is 5. The van der Waals surface area contributed by atoms with Crippen molar-refractivity contribution < 1.29 is 9.84 Å². The first-order valence-electron chi connectivity index (χ1n) is 3.90. The Hall–Kier alpha value is -0.810. The minimum Gasteiger partial charge on any atom is -0.394 e. The summed E-state index contributed by atoms with van der Waals surface area (Å²) in [6.45, 7) is 2.91. The molecule has 0 aliphatic heterocycles. The lowest BCUT2D eigenvalue weighted by atomic mass is 10.3. The fourth-order valence-corrected chi connectivity index (χ4v) is 0.766. The van der Waals surface area contributed by atoms with Crippen molar-refractivity contribution in [3.8, 4) is 0 Å². The van der Waals surface area contributed by atoms with Gasteiger partial charge in [0.25, 0.3) is 0 Å². The molecule has 0 amide bonds. The lowest BCUT2D eigenvalue weighted by molar-refractivity contribution is 0.137. The number of hydrogen-bond donors (Lipinski definition) is 3. The Balaban J connectivity index is 3.76. The molecule has 0 fully saturated rings. The number of aliphatic hydroxyl groups is 1. The minimum absolute atomic E-state index is 0.0201. The van der Waals surface area contributed by atoms with Crippen molar-refractivity contribution in [1.82, 2.24) is 5.32 Å². The van der Waals surface area contributed by atoms with E-state index in [1.54, 1.807) is 7.11 Å². The van der Waals surface area contributed by atoms with Crippen molar-refractivity contribution >= 4 is 5.96 Å². The van der Waals surface area contributed by atoms with Crippen LogP contribution in [-0.2, 0) is 4.74 Å². The molecular weight excluding hydrogens is 158 g/mol. The van der Waals surface area contributed by atoms with E-state index in [4.69, 9.17) is 15.6 Å². The highest BCUT2D eigenvalue weighted by atomic mass is 16.5. The highest BCUT2D eigenvalue weighted by Gasteiger charge is 2.05. The first kappa shape index (κ1) is 11.2. The zero-order valence-electron chi connectivity index (χ0n) is 7.58. The molecule has 0 rings (SSSR count). The number of ether oxygens (including phenoxy) is 1. The summed E-state index contributed by atoms with van der Waals surface area (Å²) in [6.07, 6.45) is 0. The average molecular weight is 175 g/mol. The van der Waals surface area contributed by atoms with E-state index in [9.17, 15) is 0 Å². The lowest BCUT2D eigenvalue weighted by Crippen LogP contribution is -2.44. The van der Waals surface area contributed by atoms with Gasteiger partial charge in [0, 0.05) is 13.7 Å². The Labute approximate surface area is 72.6 Å². The molecule has 0 heterocycles. The van der Waals surface area contributed by atoms with Crippen molar-refractivity contribution in [3.63, 3.8) is 0 Å². The van der Waals surface area contributed by atoms with Crippen LogP contribution in [0.2, 0.25) is 0 Å². The standard InChI is InChI=1S/C7H17N3O2/c1-3-9-7(8)10-6(4-11)5-12-2/h6,11H,3-5H2,1-2H3,(H3,8,9,10). The van der Waals surface area contributed by atoms with Crippen molar-refractivity contribution in [3.05, 3.63) is 0 Å². The number of hydrogen-bond acceptors (Lipinski definition) is 3. The summed E-state index contributed by atoms with van der Waals surface area (Å²) in [6, 6.07) is -0.176. The molecule has 4 N–H and O–H groups in total. The fourth-order valence-electron chi connectivity index (χ4n) is 0.766. The van der Waals surface area contributed by atoms with Crippen LogP contribution in [0.25, 0.3) is 0 Å². The summed E-state index contributed by atoms with van der Waals surface area (Å²) >= 11 is 0. The third-order valence-corrected chi connectivity index (χ3v) is 1.27. The van der Waals surface area contributed by atoms with Gasteiger partial charge >= 0.3 is 0 Å². The van der Waals surface area contributed by atoms with Gasteiger partial charge in [-0.25, -0.2) is 0 Å². The van der Waals surface area contributed by atoms with Crippen LogP contribution in [0.1, 0.15) is 6.92 Å². The Morgan fingerprint density at radius 3 is 2.83 bits per heavy atom. The zero-order valence-corrected chi connectivity index (χ0v) is 7.58. The van der Waals surface area contributed by atoms with Crippen LogP contribution in [0.15, 0.2) is 4.99 Å². The van der Waals surface area contributed by atoms with Gasteiger partial charge in [-0.1, -0.05) is 0 Å². The van der Waals surface area contributed by atoms with Crippen LogP contribution < -0.4 is 11.1 Å². The van der Waals surface area contributed by atoms with Gasteiger partial charge in [-0.05, 0) is 6.92 Å². The second-order valence-corrected chi connectivity index (χ2v) is 2.34. The van der Waals surface area contributed by atoms with Gasteiger partial charge in [0.15, 0.2) is 5.96 Å². The Morgan fingerprint density at radius 1 is 1.75 bits per heavy atom. The number of nitrogens with zero attached hydrogens (tertiary/aromatic N) is 1. The Morgan fingerprint density at radius 2 is 2.42 bits per heavy atom. The van der Waals surface area contributed by atoms with E-state index in [0.29, 0.717) is 19.1 Å². The lowest BCUT2D eigenvalue weighted by Gasteiger charge is -2.15. The first-order chi connectivity index (χ1) is 5.74. The van der Waals surface area contributed by atoms with Crippen LogP contribution in [0.4, 0.5) is 0 Å². The molecule has 0 aromatic rings. The monoisotopic (exact) mass is 175 g/mol. The van der Waals surface area contributed by atoms with E-state index in [0.717, 1.165) is 0 Å². The Kier molecular flexibility index (Phi) is 6.41. The van der Waals surface area contributed by atoms with E-state index < -0.39 is 0 Å². The summed E-state index contributed by atoms with van der Waals surface area (Å²) in [7, 11) is 1.57. The molecule has 0 aromatic heterocycles. The second-order valence-electron chi connectivity index (χ2n) is 2.34. The zero-order chi connectivity index (χ0) is 9.40. The van der Waals surface area contributed by atoms with E-state index in [2.05, 4.69) is 10.3 Å². The molecule has 0 aliphatic carbocycles. The third-order valence-electron chi connectivity index (χ3n) is 1.27. The van der Waals surface area contributed by atoms with Crippen LogP contribution in [0.3, 0.4) is 0 Å². The maximum atomic E-state index is 8.82. The number of aliphatic hydroxyl groups excluding tert-OH is 1.